The normalized spacial score (nSPS) is 13.2. The fourth-order valence-electron chi connectivity index (χ4n) is 3.12. The highest BCUT2D eigenvalue weighted by Gasteiger charge is 2.19. The highest BCUT2D eigenvalue weighted by molar-refractivity contribution is 6.00. The van der Waals surface area contributed by atoms with Crippen LogP contribution in [0.25, 0.3) is 27.1 Å². The van der Waals surface area contributed by atoms with E-state index in [2.05, 4.69) is 0 Å². The average molecular weight is 306 g/mol. The van der Waals surface area contributed by atoms with Gasteiger partial charge in [-0.15, -0.1) is 0 Å². The monoisotopic (exact) mass is 306 g/mol. The Bertz CT molecular complexity index is 1120. The Balaban J connectivity index is 1.93. The van der Waals surface area contributed by atoms with Gasteiger partial charge < -0.3 is 19.7 Å². The Morgan fingerprint density at radius 3 is 2.52 bits per heavy atom. The van der Waals surface area contributed by atoms with Crippen molar-refractivity contribution in [3.05, 3.63) is 48.8 Å². The largest absolute Gasteiger partial charge is 0.504 e. The second kappa shape index (κ2) is 4.16. The molecule has 0 spiro atoms. The Morgan fingerprint density at radius 2 is 1.65 bits per heavy atom. The molecule has 0 unspecified atom stereocenters. The molecular formula is C18H12NO4+. The molecule has 0 saturated heterocycles. The van der Waals surface area contributed by atoms with Gasteiger partial charge in [0.15, 0.2) is 35.4 Å². The third kappa shape index (κ3) is 1.64. The molecule has 5 rings (SSSR count). The van der Waals surface area contributed by atoms with Crippen molar-refractivity contribution in [3.8, 4) is 23.0 Å². The van der Waals surface area contributed by atoms with Gasteiger partial charge >= 0.3 is 0 Å². The molecule has 0 aliphatic carbocycles. The molecule has 5 nitrogen and oxygen atoms in total. The summed E-state index contributed by atoms with van der Waals surface area (Å²) in [7, 11) is 0. The minimum absolute atomic E-state index is 0.109. The first-order valence-electron chi connectivity index (χ1n) is 7.23. The second-order valence-electron chi connectivity index (χ2n) is 5.61. The van der Waals surface area contributed by atoms with Gasteiger partial charge in [0.1, 0.15) is 0 Å². The van der Waals surface area contributed by atoms with Crippen LogP contribution >= 0.6 is 0 Å². The molecule has 5 heteroatoms. The van der Waals surface area contributed by atoms with Crippen LogP contribution in [0.2, 0.25) is 0 Å². The molecule has 1 aliphatic heterocycles. The van der Waals surface area contributed by atoms with Gasteiger partial charge in [-0.3, -0.25) is 0 Å². The van der Waals surface area contributed by atoms with Crippen molar-refractivity contribution in [2.45, 2.75) is 0 Å². The minimum atomic E-state index is -0.124. The zero-order valence-corrected chi connectivity index (χ0v) is 12.0. The lowest BCUT2D eigenvalue weighted by Crippen LogP contribution is -2.20. The lowest BCUT2D eigenvalue weighted by molar-refractivity contribution is -0.509. The van der Waals surface area contributed by atoms with E-state index in [9.17, 15) is 10.2 Å². The summed E-state index contributed by atoms with van der Waals surface area (Å²) in [4.78, 5) is 0. The van der Waals surface area contributed by atoms with Crippen LogP contribution in [-0.4, -0.2) is 17.0 Å². The first-order valence-corrected chi connectivity index (χ1v) is 7.23. The number of fused-ring (bicyclic) bond motifs is 5. The molecule has 3 heterocycles. The van der Waals surface area contributed by atoms with Crippen molar-refractivity contribution >= 4 is 27.1 Å². The van der Waals surface area contributed by atoms with Crippen molar-refractivity contribution in [1.29, 1.82) is 0 Å². The van der Waals surface area contributed by atoms with Gasteiger partial charge in [0.25, 0.3) is 0 Å². The predicted octanol–water partition coefficient (Wildman–Crippen LogP) is 2.87. The molecule has 0 fully saturated rings. The molecule has 2 aromatic heterocycles. The topological polar surface area (TPSA) is 63.0 Å². The van der Waals surface area contributed by atoms with E-state index in [0.29, 0.717) is 5.39 Å². The number of phenolic OH excluding ortho intramolecular Hbond substituents is 2. The standard InChI is InChI=1S/C18H11NO4/c20-15-2-1-10-5-14-12-7-17-16(22-9-23-17)6-11(12)3-4-19(14)8-13(10)18(15)21/h1-8,20H,9H2/p+1. The molecule has 23 heavy (non-hydrogen) atoms. The van der Waals surface area contributed by atoms with Gasteiger partial charge in [0.05, 0.1) is 10.8 Å². The van der Waals surface area contributed by atoms with E-state index in [-0.39, 0.29) is 18.3 Å². The van der Waals surface area contributed by atoms with Gasteiger partial charge in [-0.25, -0.2) is 0 Å². The van der Waals surface area contributed by atoms with Crippen LogP contribution in [0, 0.1) is 0 Å². The first-order chi connectivity index (χ1) is 11.2. The smallest absolute Gasteiger partial charge is 0.231 e. The number of nitrogens with zero attached hydrogens (tertiary/aromatic N) is 1. The number of pyridine rings is 2. The number of hydrogen-bond acceptors (Lipinski definition) is 4. The van der Waals surface area contributed by atoms with Crippen molar-refractivity contribution in [2.75, 3.05) is 6.79 Å². The van der Waals surface area contributed by atoms with Crippen LogP contribution < -0.4 is 13.9 Å². The molecule has 0 radical (unpaired) electrons. The molecule has 112 valence electrons. The maximum atomic E-state index is 10.1. The van der Waals surface area contributed by atoms with Crippen molar-refractivity contribution in [1.82, 2.24) is 0 Å². The summed E-state index contributed by atoms with van der Waals surface area (Å²) in [5.74, 6) is 1.26. The van der Waals surface area contributed by atoms with Gasteiger partial charge in [-0.1, -0.05) is 0 Å². The Labute approximate surface area is 130 Å². The quantitative estimate of drug-likeness (QED) is 0.227. The van der Waals surface area contributed by atoms with E-state index in [1.54, 1.807) is 6.07 Å². The van der Waals surface area contributed by atoms with Crippen LogP contribution in [-0.2, 0) is 0 Å². The highest BCUT2D eigenvalue weighted by atomic mass is 16.7. The molecule has 0 atom stereocenters. The fraction of sp³-hybridized carbons (Fsp3) is 0.0556. The van der Waals surface area contributed by atoms with Crippen molar-refractivity contribution in [3.63, 3.8) is 0 Å². The summed E-state index contributed by atoms with van der Waals surface area (Å²) < 4.78 is 12.8. The van der Waals surface area contributed by atoms with E-state index in [1.165, 1.54) is 6.07 Å². The maximum Gasteiger partial charge on any atom is 0.231 e. The van der Waals surface area contributed by atoms with E-state index < -0.39 is 0 Å². The van der Waals surface area contributed by atoms with Gasteiger partial charge in [-0.05, 0) is 35.0 Å². The van der Waals surface area contributed by atoms with Gasteiger partial charge in [-0.2, -0.15) is 4.40 Å². The van der Waals surface area contributed by atoms with Crippen LogP contribution in [0.15, 0.2) is 48.8 Å². The minimum Gasteiger partial charge on any atom is -0.504 e. The van der Waals surface area contributed by atoms with E-state index in [1.807, 2.05) is 41.1 Å². The number of rotatable bonds is 0. The SMILES string of the molecule is Oc1ccc2cc3c4cc5c(cc4cc[n+]3cc2c1O)OCO5. The summed E-state index contributed by atoms with van der Waals surface area (Å²) in [6, 6.07) is 11.2. The zero-order chi connectivity index (χ0) is 15.6. The summed E-state index contributed by atoms with van der Waals surface area (Å²) in [6.07, 6.45) is 3.73. The number of phenols is 2. The van der Waals surface area contributed by atoms with Crippen LogP contribution in [0.4, 0.5) is 0 Å². The Morgan fingerprint density at radius 1 is 0.870 bits per heavy atom. The molecule has 2 N–H and O–H groups in total. The Hall–Kier alpha value is -3.21. The lowest BCUT2D eigenvalue weighted by Gasteiger charge is -2.04. The highest BCUT2D eigenvalue weighted by Crippen LogP contribution is 2.38. The molecule has 0 amide bonds. The summed E-state index contributed by atoms with van der Waals surface area (Å²) in [5, 5.41) is 23.3. The molecule has 0 saturated carbocycles. The maximum absolute atomic E-state index is 10.1. The second-order valence-corrected chi connectivity index (χ2v) is 5.61. The van der Waals surface area contributed by atoms with Crippen molar-refractivity contribution in [2.24, 2.45) is 0 Å². The lowest BCUT2D eigenvalue weighted by atomic mass is 10.1. The third-order valence-corrected chi connectivity index (χ3v) is 4.30. The summed E-state index contributed by atoms with van der Waals surface area (Å²) >= 11 is 0. The summed E-state index contributed by atoms with van der Waals surface area (Å²) in [5.41, 5.74) is 0.985. The summed E-state index contributed by atoms with van der Waals surface area (Å²) in [6.45, 7) is 0.243. The van der Waals surface area contributed by atoms with E-state index in [0.717, 1.165) is 33.2 Å². The number of ether oxygens (including phenoxy) is 2. The molecule has 1 aliphatic rings. The van der Waals surface area contributed by atoms with Crippen LogP contribution in [0.5, 0.6) is 23.0 Å². The number of benzene rings is 2. The third-order valence-electron chi connectivity index (χ3n) is 4.30. The molecule has 2 aromatic carbocycles. The average Bonchev–Trinajstić information content (AvgIpc) is 3.02. The number of aromatic nitrogens is 1. The fourth-order valence-corrected chi connectivity index (χ4v) is 3.12. The zero-order valence-electron chi connectivity index (χ0n) is 12.0. The molecular weight excluding hydrogens is 294 g/mol. The van der Waals surface area contributed by atoms with Crippen molar-refractivity contribution < 1.29 is 24.1 Å². The Kier molecular flexibility index (Phi) is 2.24. The molecule has 0 bridgehead atoms. The number of hydrogen-bond donors (Lipinski definition) is 2. The van der Waals surface area contributed by atoms with E-state index in [4.69, 9.17) is 9.47 Å². The molecule has 4 aromatic rings. The number of aromatic hydroxyl groups is 2. The van der Waals surface area contributed by atoms with Gasteiger partial charge in [0, 0.05) is 12.1 Å². The van der Waals surface area contributed by atoms with Gasteiger partial charge in [0.2, 0.25) is 12.3 Å². The first kappa shape index (κ1) is 12.3. The van der Waals surface area contributed by atoms with E-state index >= 15 is 0 Å². The van der Waals surface area contributed by atoms with Crippen LogP contribution in [0.1, 0.15) is 0 Å². The predicted molar refractivity (Wildman–Crippen MR) is 84.1 cm³/mol. The van der Waals surface area contributed by atoms with Crippen LogP contribution in [0.3, 0.4) is 0 Å².